The molecule has 0 amide bonds. The van der Waals surface area contributed by atoms with Gasteiger partial charge in [-0.1, -0.05) is 44.2 Å². The lowest BCUT2D eigenvalue weighted by molar-refractivity contribution is 0.0537. The molecule has 0 aromatic heterocycles. The summed E-state index contributed by atoms with van der Waals surface area (Å²) in [7, 11) is 0. The third-order valence-electron chi connectivity index (χ3n) is 4.61. The van der Waals surface area contributed by atoms with Gasteiger partial charge in [0.05, 0.1) is 0 Å². The number of aryl methyl sites for hydroxylation is 1. The van der Waals surface area contributed by atoms with Gasteiger partial charge in [0.25, 0.3) is 0 Å². The van der Waals surface area contributed by atoms with Crippen LogP contribution in [0.25, 0.3) is 0 Å². The van der Waals surface area contributed by atoms with Crippen LogP contribution in [-0.4, -0.2) is 36.1 Å². The van der Waals surface area contributed by atoms with Gasteiger partial charge in [0.2, 0.25) is 0 Å². The average molecular weight is 274 g/mol. The molecule has 2 nitrogen and oxygen atoms in total. The first-order valence-electron chi connectivity index (χ1n) is 8.01. The van der Waals surface area contributed by atoms with E-state index >= 15 is 0 Å². The molecule has 0 spiro atoms. The Morgan fingerprint density at radius 3 is 2.60 bits per heavy atom. The second-order valence-electron chi connectivity index (χ2n) is 7.08. The van der Waals surface area contributed by atoms with Crippen LogP contribution >= 0.6 is 0 Å². The van der Waals surface area contributed by atoms with Gasteiger partial charge in [-0.15, -0.1) is 0 Å². The maximum atomic E-state index is 3.71. The quantitative estimate of drug-likeness (QED) is 0.886. The minimum absolute atomic E-state index is 0.280. The molecule has 1 aliphatic rings. The Labute approximate surface area is 124 Å². The van der Waals surface area contributed by atoms with E-state index in [1.165, 1.54) is 31.5 Å². The summed E-state index contributed by atoms with van der Waals surface area (Å²) >= 11 is 0. The third-order valence-corrected chi connectivity index (χ3v) is 4.61. The summed E-state index contributed by atoms with van der Waals surface area (Å²) in [4.78, 5) is 2.68. The Bertz CT molecular complexity index is 397. The summed E-state index contributed by atoms with van der Waals surface area (Å²) in [5, 5.41) is 3.71. The zero-order valence-corrected chi connectivity index (χ0v) is 13.5. The summed E-state index contributed by atoms with van der Waals surface area (Å²) in [6, 6.07) is 11.5. The number of hydrogen-bond acceptors (Lipinski definition) is 2. The number of nitrogens with zero attached hydrogens (tertiary/aromatic N) is 1. The highest BCUT2D eigenvalue weighted by molar-refractivity contribution is 5.14. The fourth-order valence-electron chi connectivity index (χ4n) is 3.00. The lowest BCUT2D eigenvalue weighted by atomic mass is 9.92. The van der Waals surface area contributed by atoms with Crippen LogP contribution in [0, 0.1) is 5.92 Å². The molecule has 1 fully saturated rings. The van der Waals surface area contributed by atoms with Crippen LogP contribution in [0.4, 0.5) is 0 Å². The maximum absolute atomic E-state index is 3.71. The van der Waals surface area contributed by atoms with Crippen molar-refractivity contribution >= 4 is 0 Å². The highest BCUT2D eigenvalue weighted by atomic mass is 15.3. The van der Waals surface area contributed by atoms with Crippen LogP contribution < -0.4 is 5.32 Å². The molecule has 1 aromatic rings. The first-order chi connectivity index (χ1) is 9.49. The molecular formula is C18H30N2. The number of hydrogen-bond donors (Lipinski definition) is 1. The molecule has 1 aromatic carbocycles. The molecule has 0 aliphatic carbocycles. The Kier molecular flexibility index (Phi) is 5.22. The van der Waals surface area contributed by atoms with E-state index in [4.69, 9.17) is 0 Å². The normalized spacial score (nSPS) is 23.1. The third kappa shape index (κ3) is 4.07. The van der Waals surface area contributed by atoms with Gasteiger partial charge in [-0.05, 0) is 44.7 Å². The monoisotopic (exact) mass is 274 g/mol. The molecule has 2 heteroatoms. The molecule has 0 radical (unpaired) electrons. The molecule has 0 bridgehead atoms. The van der Waals surface area contributed by atoms with Crippen molar-refractivity contribution in [3.63, 3.8) is 0 Å². The standard InChI is InChI=1S/C18H30N2/c1-15(2)17-13-20(18(3,4)14-19-17)12-8-11-16-9-6-5-7-10-16/h5-7,9-10,15,17,19H,8,11-14H2,1-4H3. The number of nitrogens with one attached hydrogen (secondary N) is 1. The highest BCUT2D eigenvalue weighted by Crippen LogP contribution is 2.21. The van der Waals surface area contributed by atoms with Crippen molar-refractivity contribution in [2.24, 2.45) is 5.92 Å². The fraction of sp³-hybridized carbons (Fsp3) is 0.667. The predicted molar refractivity (Wildman–Crippen MR) is 87.0 cm³/mol. The Hall–Kier alpha value is -0.860. The molecular weight excluding hydrogens is 244 g/mol. The van der Waals surface area contributed by atoms with Crippen molar-refractivity contribution in [3.05, 3.63) is 35.9 Å². The van der Waals surface area contributed by atoms with Crippen LogP contribution in [0.3, 0.4) is 0 Å². The molecule has 2 rings (SSSR count). The Morgan fingerprint density at radius 2 is 1.95 bits per heavy atom. The van der Waals surface area contributed by atoms with Gasteiger partial charge in [-0.25, -0.2) is 0 Å². The van der Waals surface area contributed by atoms with Gasteiger partial charge in [0.15, 0.2) is 0 Å². The van der Waals surface area contributed by atoms with E-state index in [-0.39, 0.29) is 5.54 Å². The van der Waals surface area contributed by atoms with Crippen molar-refractivity contribution in [1.82, 2.24) is 10.2 Å². The Morgan fingerprint density at radius 1 is 1.25 bits per heavy atom. The summed E-state index contributed by atoms with van der Waals surface area (Å²) in [5.74, 6) is 0.711. The van der Waals surface area contributed by atoms with Crippen molar-refractivity contribution < 1.29 is 0 Å². The fourth-order valence-corrected chi connectivity index (χ4v) is 3.00. The van der Waals surface area contributed by atoms with E-state index in [9.17, 15) is 0 Å². The minimum Gasteiger partial charge on any atom is -0.311 e. The Balaban J connectivity index is 1.86. The van der Waals surface area contributed by atoms with Gasteiger partial charge < -0.3 is 5.32 Å². The SMILES string of the molecule is CC(C)C1CN(CCCc2ccccc2)C(C)(C)CN1. The molecule has 20 heavy (non-hydrogen) atoms. The second-order valence-corrected chi connectivity index (χ2v) is 7.08. The van der Waals surface area contributed by atoms with Crippen LogP contribution in [0.1, 0.15) is 39.7 Å². The van der Waals surface area contributed by atoms with Crippen molar-refractivity contribution in [3.8, 4) is 0 Å². The molecule has 1 N–H and O–H groups in total. The number of benzene rings is 1. The van der Waals surface area contributed by atoms with Crippen LogP contribution in [0.2, 0.25) is 0 Å². The zero-order chi connectivity index (χ0) is 14.6. The lowest BCUT2D eigenvalue weighted by Crippen LogP contribution is -2.63. The topological polar surface area (TPSA) is 15.3 Å². The number of rotatable bonds is 5. The van der Waals surface area contributed by atoms with E-state index in [1.807, 2.05) is 0 Å². The molecule has 1 aliphatic heterocycles. The van der Waals surface area contributed by atoms with Crippen molar-refractivity contribution in [2.75, 3.05) is 19.6 Å². The van der Waals surface area contributed by atoms with Crippen molar-refractivity contribution in [1.29, 1.82) is 0 Å². The van der Waals surface area contributed by atoms with E-state index in [0.717, 1.165) is 6.54 Å². The minimum atomic E-state index is 0.280. The van der Waals surface area contributed by atoms with Gasteiger partial charge in [0.1, 0.15) is 0 Å². The van der Waals surface area contributed by atoms with Gasteiger partial charge in [0, 0.05) is 24.7 Å². The predicted octanol–water partition coefficient (Wildman–Crippen LogP) is 3.33. The average Bonchev–Trinajstić information content (AvgIpc) is 2.41. The van der Waals surface area contributed by atoms with E-state index in [0.29, 0.717) is 12.0 Å². The molecule has 1 unspecified atom stereocenters. The number of piperazine rings is 1. The lowest BCUT2D eigenvalue weighted by Gasteiger charge is -2.47. The first kappa shape index (κ1) is 15.5. The summed E-state index contributed by atoms with van der Waals surface area (Å²) < 4.78 is 0. The highest BCUT2D eigenvalue weighted by Gasteiger charge is 2.34. The summed E-state index contributed by atoms with van der Waals surface area (Å²) in [6.45, 7) is 12.8. The smallest absolute Gasteiger partial charge is 0.0278 e. The first-order valence-corrected chi connectivity index (χ1v) is 8.01. The molecule has 1 atom stereocenters. The van der Waals surface area contributed by atoms with Crippen LogP contribution in [0.15, 0.2) is 30.3 Å². The van der Waals surface area contributed by atoms with E-state index in [2.05, 4.69) is 68.2 Å². The molecule has 1 saturated heterocycles. The molecule has 112 valence electrons. The largest absolute Gasteiger partial charge is 0.311 e. The van der Waals surface area contributed by atoms with E-state index in [1.54, 1.807) is 0 Å². The van der Waals surface area contributed by atoms with Gasteiger partial charge in [-0.3, -0.25) is 4.90 Å². The van der Waals surface area contributed by atoms with Crippen molar-refractivity contribution in [2.45, 2.75) is 52.1 Å². The van der Waals surface area contributed by atoms with Crippen LogP contribution in [-0.2, 0) is 6.42 Å². The van der Waals surface area contributed by atoms with E-state index < -0.39 is 0 Å². The summed E-state index contributed by atoms with van der Waals surface area (Å²) in [5.41, 5.74) is 1.74. The van der Waals surface area contributed by atoms with Crippen LogP contribution in [0.5, 0.6) is 0 Å². The summed E-state index contributed by atoms with van der Waals surface area (Å²) in [6.07, 6.45) is 2.44. The van der Waals surface area contributed by atoms with Gasteiger partial charge in [-0.2, -0.15) is 0 Å². The van der Waals surface area contributed by atoms with Gasteiger partial charge >= 0.3 is 0 Å². The molecule has 1 heterocycles. The molecule has 0 saturated carbocycles. The maximum Gasteiger partial charge on any atom is 0.0278 e. The second kappa shape index (κ2) is 6.73. The zero-order valence-electron chi connectivity index (χ0n) is 13.5.